The fraction of sp³-hybridized carbons (Fsp3) is 0.391. The minimum Gasteiger partial charge on any atom is -0.490 e. The van der Waals surface area contributed by atoms with E-state index in [0.29, 0.717) is 44.1 Å². The molecule has 1 N–H and O–H groups in total. The highest BCUT2D eigenvalue weighted by molar-refractivity contribution is 5.90. The summed E-state index contributed by atoms with van der Waals surface area (Å²) in [6.07, 6.45) is 0.802. The van der Waals surface area contributed by atoms with Gasteiger partial charge in [0.15, 0.2) is 11.5 Å². The Morgan fingerprint density at radius 1 is 1.07 bits per heavy atom. The molecule has 1 aliphatic rings. The summed E-state index contributed by atoms with van der Waals surface area (Å²) in [7, 11) is 0. The van der Waals surface area contributed by atoms with Gasteiger partial charge in [0.1, 0.15) is 11.9 Å². The first kappa shape index (κ1) is 21.6. The topological polar surface area (TPSA) is 67.9 Å². The van der Waals surface area contributed by atoms with Gasteiger partial charge in [0.25, 0.3) is 0 Å². The molecule has 1 atom stereocenters. The lowest BCUT2D eigenvalue weighted by Gasteiger charge is -2.24. The molecule has 2 amide bonds. The maximum atomic E-state index is 13.1. The van der Waals surface area contributed by atoms with Crippen molar-refractivity contribution >= 4 is 11.8 Å². The Labute approximate surface area is 176 Å². The lowest BCUT2D eigenvalue weighted by molar-refractivity contribution is -0.135. The second-order valence-corrected chi connectivity index (χ2v) is 7.07. The molecule has 0 saturated carbocycles. The van der Waals surface area contributed by atoms with Crippen molar-refractivity contribution in [1.29, 1.82) is 0 Å². The molecular weight excluding hydrogens is 387 g/mol. The number of carbonyl (C=O) groups excluding carboxylic acids is 2. The van der Waals surface area contributed by atoms with Gasteiger partial charge < -0.3 is 19.7 Å². The van der Waals surface area contributed by atoms with Crippen molar-refractivity contribution in [2.24, 2.45) is 0 Å². The van der Waals surface area contributed by atoms with Gasteiger partial charge in [0.05, 0.1) is 13.2 Å². The zero-order chi connectivity index (χ0) is 21.5. The quantitative estimate of drug-likeness (QED) is 0.683. The van der Waals surface area contributed by atoms with Crippen molar-refractivity contribution in [3.05, 3.63) is 59.4 Å². The molecule has 2 aromatic rings. The summed E-state index contributed by atoms with van der Waals surface area (Å²) in [5.41, 5.74) is 1.67. The van der Waals surface area contributed by atoms with Gasteiger partial charge in [0, 0.05) is 19.5 Å². The first-order chi connectivity index (χ1) is 14.5. The van der Waals surface area contributed by atoms with Gasteiger partial charge in [-0.05, 0) is 55.7 Å². The SMILES string of the molecule is CCOc1ccc(CNC(=O)C2CCC(=O)N2Cc2ccc(F)cc2)cc1OCC. The van der Waals surface area contributed by atoms with Crippen molar-refractivity contribution in [1.82, 2.24) is 10.2 Å². The molecule has 160 valence electrons. The number of likely N-dealkylation sites (tertiary alicyclic amines) is 1. The third-order valence-corrected chi connectivity index (χ3v) is 4.97. The van der Waals surface area contributed by atoms with Crippen LogP contribution in [0.5, 0.6) is 11.5 Å². The van der Waals surface area contributed by atoms with Crippen LogP contribution in [0.1, 0.15) is 37.8 Å². The second-order valence-electron chi connectivity index (χ2n) is 7.07. The summed E-state index contributed by atoms with van der Waals surface area (Å²) in [5.74, 6) is 0.706. The first-order valence-corrected chi connectivity index (χ1v) is 10.2. The zero-order valence-corrected chi connectivity index (χ0v) is 17.3. The molecule has 0 spiro atoms. The summed E-state index contributed by atoms with van der Waals surface area (Å²) < 4.78 is 24.3. The number of nitrogens with one attached hydrogen (secondary N) is 1. The highest BCUT2D eigenvalue weighted by Crippen LogP contribution is 2.28. The van der Waals surface area contributed by atoms with Gasteiger partial charge in [-0.3, -0.25) is 9.59 Å². The van der Waals surface area contributed by atoms with Gasteiger partial charge in [-0.2, -0.15) is 0 Å². The highest BCUT2D eigenvalue weighted by atomic mass is 19.1. The first-order valence-electron chi connectivity index (χ1n) is 10.2. The van der Waals surface area contributed by atoms with E-state index in [0.717, 1.165) is 11.1 Å². The predicted molar refractivity (Wildman–Crippen MR) is 111 cm³/mol. The largest absolute Gasteiger partial charge is 0.490 e. The van der Waals surface area contributed by atoms with E-state index in [9.17, 15) is 14.0 Å². The lowest BCUT2D eigenvalue weighted by atomic mass is 10.1. The van der Waals surface area contributed by atoms with E-state index in [4.69, 9.17) is 9.47 Å². The number of ether oxygens (including phenoxy) is 2. The summed E-state index contributed by atoms with van der Waals surface area (Å²) >= 11 is 0. The fourth-order valence-corrected chi connectivity index (χ4v) is 3.50. The minimum absolute atomic E-state index is 0.0702. The Balaban J connectivity index is 1.63. The normalized spacial score (nSPS) is 15.9. The molecule has 1 fully saturated rings. The van der Waals surface area contributed by atoms with Gasteiger partial charge in [0.2, 0.25) is 11.8 Å². The van der Waals surface area contributed by atoms with E-state index in [-0.39, 0.29) is 24.2 Å². The van der Waals surface area contributed by atoms with E-state index >= 15 is 0 Å². The molecular formula is C23H27FN2O4. The molecule has 2 aromatic carbocycles. The van der Waals surface area contributed by atoms with Crippen LogP contribution < -0.4 is 14.8 Å². The summed E-state index contributed by atoms with van der Waals surface area (Å²) in [6, 6.07) is 11.0. The molecule has 1 aliphatic heterocycles. The van der Waals surface area contributed by atoms with Crippen LogP contribution in [0.4, 0.5) is 4.39 Å². The number of benzene rings is 2. The standard InChI is InChI=1S/C23H27FN2O4/c1-3-29-20-11-7-17(13-21(20)30-4-2)14-25-23(28)19-10-12-22(27)26(19)15-16-5-8-18(24)9-6-16/h5-9,11,13,19H,3-4,10,12,14-15H2,1-2H3,(H,25,28). The number of carbonyl (C=O) groups is 2. The van der Waals surface area contributed by atoms with E-state index in [2.05, 4.69) is 5.32 Å². The van der Waals surface area contributed by atoms with Crippen LogP contribution in [0.2, 0.25) is 0 Å². The Hall–Kier alpha value is -3.09. The molecule has 0 aliphatic carbocycles. The van der Waals surface area contributed by atoms with Crippen LogP contribution in [0, 0.1) is 5.82 Å². The average Bonchev–Trinajstić information content (AvgIpc) is 3.10. The summed E-state index contributed by atoms with van der Waals surface area (Å²) in [5, 5.41) is 2.92. The van der Waals surface area contributed by atoms with E-state index in [1.807, 2.05) is 32.0 Å². The monoisotopic (exact) mass is 414 g/mol. The third kappa shape index (κ3) is 5.28. The Kier molecular flexibility index (Phi) is 7.27. The van der Waals surface area contributed by atoms with Crippen molar-refractivity contribution in [3.8, 4) is 11.5 Å². The Bertz CT molecular complexity index is 885. The van der Waals surface area contributed by atoms with Crippen LogP contribution in [0.25, 0.3) is 0 Å². The number of hydrogen-bond acceptors (Lipinski definition) is 4. The van der Waals surface area contributed by atoms with Crippen LogP contribution in [0.15, 0.2) is 42.5 Å². The molecule has 6 nitrogen and oxygen atoms in total. The van der Waals surface area contributed by atoms with Gasteiger partial charge >= 0.3 is 0 Å². The highest BCUT2D eigenvalue weighted by Gasteiger charge is 2.35. The molecule has 1 unspecified atom stereocenters. The van der Waals surface area contributed by atoms with Crippen molar-refractivity contribution in [3.63, 3.8) is 0 Å². The van der Waals surface area contributed by atoms with Crippen LogP contribution >= 0.6 is 0 Å². The van der Waals surface area contributed by atoms with Gasteiger partial charge in [-0.1, -0.05) is 18.2 Å². The van der Waals surface area contributed by atoms with Crippen LogP contribution in [-0.2, 0) is 22.7 Å². The van der Waals surface area contributed by atoms with Crippen molar-refractivity contribution < 1.29 is 23.5 Å². The number of nitrogens with zero attached hydrogens (tertiary/aromatic N) is 1. The van der Waals surface area contributed by atoms with Crippen molar-refractivity contribution in [2.45, 2.75) is 45.8 Å². The predicted octanol–water partition coefficient (Wildman–Crippen LogP) is 3.43. The Morgan fingerprint density at radius 2 is 1.73 bits per heavy atom. The second kappa shape index (κ2) is 10.1. The molecule has 3 rings (SSSR count). The number of halogens is 1. The molecule has 30 heavy (non-hydrogen) atoms. The molecule has 0 aromatic heterocycles. The fourth-order valence-electron chi connectivity index (χ4n) is 3.50. The van der Waals surface area contributed by atoms with Crippen LogP contribution in [-0.4, -0.2) is 36.0 Å². The molecule has 1 saturated heterocycles. The van der Waals surface area contributed by atoms with Crippen LogP contribution in [0.3, 0.4) is 0 Å². The smallest absolute Gasteiger partial charge is 0.243 e. The van der Waals surface area contributed by atoms with E-state index < -0.39 is 6.04 Å². The minimum atomic E-state index is -0.531. The van der Waals surface area contributed by atoms with E-state index in [1.165, 1.54) is 12.1 Å². The maximum Gasteiger partial charge on any atom is 0.243 e. The van der Waals surface area contributed by atoms with Gasteiger partial charge in [-0.15, -0.1) is 0 Å². The average molecular weight is 414 g/mol. The molecule has 7 heteroatoms. The molecule has 1 heterocycles. The molecule has 0 bridgehead atoms. The zero-order valence-electron chi connectivity index (χ0n) is 17.3. The maximum absolute atomic E-state index is 13.1. The Morgan fingerprint density at radius 3 is 2.43 bits per heavy atom. The number of rotatable bonds is 9. The third-order valence-electron chi connectivity index (χ3n) is 4.97. The summed E-state index contributed by atoms with van der Waals surface area (Å²) in [4.78, 5) is 26.6. The molecule has 0 radical (unpaired) electrons. The van der Waals surface area contributed by atoms with Gasteiger partial charge in [-0.25, -0.2) is 4.39 Å². The lowest BCUT2D eigenvalue weighted by Crippen LogP contribution is -2.44. The summed E-state index contributed by atoms with van der Waals surface area (Å²) in [6.45, 7) is 5.46. The number of amides is 2. The van der Waals surface area contributed by atoms with E-state index in [1.54, 1.807) is 17.0 Å². The van der Waals surface area contributed by atoms with Crippen molar-refractivity contribution in [2.75, 3.05) is 13.2 Å². The number of hydrogen-bond donors (Lipinski definition) is 1.